The maximum atomic E-state index is 13.5. The highest BCUT2D eigenvalue weighted by molar-refractivity contribution is 7.89. The van der Waals surface area contributed by atoms with E-state index >= 15 is 0 Å². The molecule has 1 saturated heterocycles. The highest BCUT2D eigenvalue weighted by Gasteiger charge is 2.36. The molecular weight excluding hydrogens is 412 g/mol. The van der Waals surface area contributed by atoms with Gasteiger partial charge in [-0.3, -0.25) is 9.69 Å². The summed E-state index contributed by atoms with van der Waals surface area (Å²) < 4.78 is 53.6. The van der Waals surface area contributed by atoms with Gasteiger partial charge in [-0.15, -0.1) is 0 Å². The number of carbonyl (C=O) groups excluding carboxylic acids is 1. The first-order valence-electron chi connectivity index (χ1n) is 9.91. The molecule has 1 heterocycles. The molecule has 2 aromatic carbocycles. The molecule has 9 heteroatoms. The van der Waals surface area contributed by atoms with Crippen LogP contribution in [-0.2, 0) is 14.8 Å². The second-order valence-corrected chi connectivity index (χ2v) is 9.55. The van der Waals surface area contributed by atoms with Crippen LogP contribution in [-0.4, -0.2) is 55.8 Å². The van der Waals surface area contributed by atoms with Crippen molar-refractivity contribution >= 4 is 15.9 Å². The highest BCUT2D eigenvalue weighted by Crippen LogP contribution is 2.27. The summed E-state index contributed by atoms with van der Waals surface area (Å²) >= 11 is 0. The molecule has 160 valence electrons. The largest absolute Gasteiger partial charge is 0.352 e. The Morgan fingerprint density at radius 2 is 1.63 bits per heavy atom. The molecule has 1 aliphatic heterocycles. The summed E-state index contributed by atoms with van der Waals surface area (Å²) in [6.45, 7) is 1.00. The number of amides is 1. The molecule has 0 unspecified atom stereocenters. The molecule has 2 aromatic rings. The lowest BCUT2D eigenvalue weighted by Crippen LogP contribution is -2.52. The van der Waals surface area contributed by atoms with Crippen molar-refractivity contribution in [1.82, 2.24) is 14.5 Å². The predicted molar refractivity (Wildman–Crippen MR) is 107 cm³/mol. The highest BCUT2D eigenvalue weighted by atomic mass is 32.2. The molecule has 1 N–H and O–H groups in total. The minimum Gasteiger partial charge on any atom is -0.352 e. The summed E-state index contributed by atoms with van der Waals surface area (Å²) in [6.07, 6.45) is 1.96. The van der Waals surface area contributed by atoms with Gasteiger partial charge >= 0.3 is 0 Å². The van der Waals surface area contributed by atoms with Gasteiger partial charge in [-0.25, -0.2) is 17.2 Å². The van der Waals surface area contributed by atoms with Gasteiger partial charge in [0.1, 0.15) is 6.04 Å². The summed E-state index contributed by atoms with van der Waals surface area (Å²) in [5.74, 6) is -2.37. The van der Waals surface area contributed by atoms with Crippen LogP contribution in [0.5, 0.6) is 0 Å². The van der Waals surface area contributed by atoms with Crippen LogP contribution >= 0.6 is 0 Å². The van der Waals surface area contributed by atoms with Gasteiger partial charge in [0.05, 0.1) is 4.90 Å². The molecule has 2 fully saturated rings. The maximum absolute atomic E-state index is 13.5. The van der Waals surface area contributed by atoms with Crippen molar-refractivity contribution in [2.24, 2.45) is 0 Å². The number of hydrogen-bond acceptors (Lipinski definition) is 4. The van der Waals surface area contributed by atoms with Crippen molar-refractivity contribution < 1.29 is 22.0 Å². The molecule has 2 aliphatic rings. The molecule has 6 nitrogen and oxygen atoms in total. The SMILES string of the molecule is O=C(NC1CC1)[C@@H](c1ccccc1)N1CCN(S(=O)(=O)c2ccc(F)c(F)c2)CC1. The van der Waals surface area contributed by atoms with Crippen LogP contribution < -0.4 is 5.32 Å². The smallest absolute Gasteiger partial charge is 0.243 e. The van der Waals surface area contributed by atoms with Crippen LogP contribution in [0, 0.1) is 11.6 Å². The summed E-state index contributed by atoms with van der Waals surface area (Å²) in [7, 11) is -3.94. The van der Waals surface area contributed by atoms with Gasteiger partial charge in [0.15, 0.2) is 11.6 Å². The van der Waals surface area contributed by atoms with E-state index in [2.05, 4.69) is 5.32 Å². The third-order valence-corrected chi connectivity index (χ3v) is 7.35. The Bertz CT molecular complexity index is 1020. The Labute approximate surface area is 174 Å². The molecule has 0 bridgehead atoms. The van der Waals surface area contributed by atoms with Crippen molar-refractivity contribution in [1.29, 1.82) is 0 Å². The number of piperazine rings is 1. The van der Waals surface area contributed by atoms with Gasteiger partial charge in [-0.05, 0) is 36.6 Å². The molecule has 0 spiro atoms. The second kappa shape index (κ2) is 8.41. The quantitative estimate of drug-likeness (QED) is 0.756. The summed E-state index contributed by atoms with van der Waals surface area (Å²) in [4.78, 5) is 14.6. The van der Waals surface area contributed by atoms with Crippen molar-refractivity contribution in [3.05, 3.63) is 65.7 Å². The Morgan fingerprint density at radius 3 is 2.23 bits per heavy atom. The third-order valence-electron chi connectivity index (χ3n) is 5.45. The monoisotopic (exact) mass is 435 g/mol. The van der Waals surface area contributed by atoms with E-state index in [4.69, 9.17) is 0 Å². The molecule has 30 heavy (non-hydrogen) atoms. The summed E-state index contributed by atoms with van der Waals surface area (Å²) in [6, 6.07) is 11.7. The standard InChI is InChI=1S/C21H23F2N3O3S/c22-18-9-8-17(14-19(18)23)30(28,29)26-12-10-25(11-13-26)20(15-4-2-1-3-5-15)21(27)24-16-6-7-16/h1-5,8-9,14,16,20H,6-7,10-13H2,(H,24,27)/t20-/m1/s1. The number of rotatable bonds is 6. The van der Waals surface area contributed by atoms with Crippen LogP contribution in [0.2, 0.25) is 0 Å². The van der Waals surface area contributed by atoms with Crippen LogP contribution in [0.25, 0.3) is 0 Å². The normalized spacial score (nSPS) is 19.4. The van der Waals surface area contributed by atoms with Gasteiger partial charge in [-0.1, -0.05) is 30.3 Å². The molecule has 1 amide bonds. The zero-order chi connectivity index (χ0) is 21.3. The fourth-order valence-electron chi connectivity index (χ4n) is 3.66. The minimum absolute atomic E-state index is 0.0828. The van der Waals surface area contributed by atoms with Crippen molar-refractivity contribution in [3.63, 3.8) is 0 Å². The number of nitrogens with zero attached hydrogens (tertiary/aromatic N) is 2. The molecule has 0 aromatic heterocycles. The number of benzene rings is 2. The van der Waals surface area contributed by atoms with E-state index in [1.54, 1.807) is 0 Å². The zero-order valence-electron chi connectivity index (χ0n) is 16.3. The van der Waals surface area contributed by atoms with E-state index in [-0.39, 0.29) is 29.9 Å². The number of nitrogens with one attached hydrogen (secondary N) is 1. The van der Waals surface area contributed by atoms with E-state index in [0.717, 1.165) is 30.5 Å². The zero-order valence-corrected chi connectivity index (χ0v) is 17.1. The lowest BCUT2D eigenvalue weighted by Gasteiger charge is -2.38. The van der Waals surface area contributed by atoms with Gasteiger partial charge in [0, 0.05) is 32.2 Å². The lowest BCUT2D eigenvalue weighted by atomic mass is 10.0. The molecule has 1 saturated carbocycles. The average molecular weight is 435 g/mol. The summed E-state index contributed by atoms with van der Waals surface area (Å²) in [5, 5.41) is 3.04. The van der Waals surface area contributed by atoms with Crippen LogP contribution in [0.3, 0.4) is 0 Å². The molecular formula is C21H23F2N3O3S. The maximum Gasteiger partial charge on any atom is 0.243 e. The van der Waals surface area contributed by atoms with E-state index < -0.39 is 27.7 Å². The lowest BCUT2D eigenvalue weighted by molar-refractivity contribution is -0.127. The fourth-order valence-corrected chi connectivity index (χ4v) is 5.09. The van der Waals surface area contributed by atoms with E-state index in [9.17, 15) is 22.0 Å². The number of carbonyl (C=O) groups is 1. The Kier molecular flexibility index (Phi) is 5.86. The van der Waals surface area contributed by atoms with Crippen molar-refractivity contribution in [2.45, 2.75) is 29.8 Å². The molecule has 1 atom stereocenters. The topological polar surface area (TPSA) is 69.7 Å². The first-order chi connectivity index (χ1) is 14.4. The van der Waals surface area contributed by atoms with E-state index in [0.29, 0.717) is 19.2 Å². The molecule has 4 rings (SSSR count). The fraction of sp³-hybridized carbons (Fsp3) is 0.381. The first kappa shape index (κ1) is 20.9. The van der Waals surface area contributed by atoms with E-state index in [1.165, 1.54) is 4.31 Å². The molecule has 1 aliphatic carbocycles. The van der Waals surface area contributed by atoms with Crippen LogP contribution in [0.4, 0.5) is 8.78 Å². The molecule has 0 radical (unpaired) electrons. The Morgan fingerprint density at radius 1 is 0.967 bits per heavy atom. The van der Waals surface area contributed by atoms with Crippen LogP contribution in [0.15, 0.2) is 53.4 Å². The van der Waals surface area contributed by atoms with Gasteiger partial charge < -0.3 is 5.32 Å². The van der Waals surface area contributed by atoms with Crippen molar-refractivity contribution in [3.8, 4) is 0 Å². The number of sulfonamides is 1. The van der Waals surface area contributed by atoms with Gasteiger partial charge in [0.25, 0.3) is 0 Å². The van der Waals surface area contributed by atoms with Crippen molar-refractivity contribution in [2.75, 3.05) is 26.2 Å². The Hall–Kier alpha value is -2.36. The predicted octanol–water partition coefficient (Wildman–Crippen LogP) is 2.29. The van der Waals surface area contributed by atoms with Gasteiger partial charge in [0.2, 0.25) is 15.9 Å². The minimum atomic E-state index is -3.94. The first-order valence-corrected chi connectivity index (χ1v) is 11.3. The number of hydrogen-bond donors (Lipinski definition) is 1. The second-order valence-electron chi connectivity index (χ2n) is 7.61. The van der Waals surface area contributed by atoms with E-state index in [1.807, 2.05) is 35.2 Å². The van der Waals surface area contributed by atoms with Crippen LogP contribution in [0.1, 0.15) is 24.4 Å². The summed E-state index contributed by atoms with van der Waals surface area (Å²) in [5.41, 5.74) is 0.854. The third kappa shape index (κ3) is 4.38. The average Bonchev–Trinajstić information content (AvgIpc) is 3.55. The Balaban J connectivity index is 1.50. The number of halogens is 2. The van der Waals surface area contributed by atoms with Gasteiger partial charge in [-0.2, -0.15) is 4.31 Å².